The fourth-order valence-corrected chi connectivity index (χ4v) is 2.91. The Kier molecular flexibility index (Phi) is 3.53. The van der Waals surface area contributed by atoms with Gasteiger partial charge in [0.25, 0.3) is 10.0 Å². The monoisotopic (exact) mass is 283 g/mol. The van der Waals surface area contributed by atoms with Crippen molar-refractivity contribution >= 4 is 15.7 Å². The predicted molar refractivity (Wildman–Crippen MR) is 68.3 cm³/mol. The third-order valence-corrected chi connectivity index (χ3v) is 4.06. The molecule has 6 heteroatoms. The average Bonchev–Trinajstić information content (AvgIpc) is 2.35. The summed E-state index contributed by atoms with van der Waals surface area (Å²) >= 11 is 0. The van der Waals surface area contributed by atoms with Crippen molar-refractivity contribution in [3.63, 3.8) is 0 Å². The Morgan fingerprint density at radius 2 is 1.53 bits per heavy atom. The maximum Gasteiger partial charge on any atom is 0.262 e. The quantitative estimate of drug-likeness (QED) is 0.941. The Morgan fingerprint density at radius 1 is 0.947 bits per heavy atom. The minimum absolute atomic E-state index is 0.142. The Bertz CT molecular complexity index is 697. The van der Waals surface area contributed by atoms with Gasteiger partial charge in [0.2, 0.25) is 0 Å². The third kappa shape index (κ3) is 3.08. The molecule has 0 atom stereocenters. The molecule has 0 radical (unpaired) electrons. The number of anilines is 1. The van der Waals surface area contributed by atoms with Gasteiger partial charge in [-0.15, -0.1) is 0 Å². The molecule has 0 saturated carbocycles. The van der Waals surface area contributed by atoms with E-state index >= 15 is 0 Å². The lowest BCUT2D eigenvalue weighted by Crippen LogP contribution is -2.14. The van der Waals surface area contributed by atoms with Crippen LogP contribution < -0.4 is 4.72 Å². The van der Waals surface area contributed by atoms with Crippen LogP contribution in [0, 0.1) is 18.6 Å². The molecule has 0 aliphatic heterocycles. The van der Waals surface area contributed by atoms with Crippen molar-refractivity contribution in [2.24, 2.45) is 0 Å². The van der Waals surface area contributed by atoms with E-state index in [4.69, 9.17) is 0 Å². The van der Waals surface area contributed by atoms with Crippen LogP contribution in [0.4, 0.5) is 14.5 Å². The summed E-state index contributed by atoms with van der Waals surface area (Å²) in [4.78, 5) is -0.142. The Balaban J connectivity index is 2.37. The van der Waals surface area contributed by atoms with Gasteiger partial charge in [0.05, 0.1) is 4.90 Å². The summed E-state index contributed by atoms with van der Waals surface area (Å²) in [7, 11) is -3.89. The number of halogens is 2. The van der Waals surface area contributed by atoms with Crippen LogP contribution in [-0.2, 0) is 10.0 Å². The van der Waals surface area contributed by atoms with Gasteiger partial charge in [0.1, 0.15) is 11.6 Å². The van der Waals surface area contributed by atoms with Gasteiger partial charge in [-0.1, -0.05) is 6.07 Å². The van der Waals surface area contributed by atoms with E-state index in [1.54, 1.807) is 6.92 Å². The van der Waals surface area contributed by atoms with Gasteiger partial charge in [0, 0.05) is 5.69 Å². The molecule has 2 aromatic carbocycles. The maximum absolute atomic E-state index is 13.1. The number of nitrogens with one attached hydrogen (secondary N) is 1. The molecule has 0 saturated heterocycles. The Labute approximate surface area is 109 Å². The largest absolute Gasteiger partial charge is 0.280 e. The minimum Gasteiger partial charge on any atom is -0.280 e. The van der Waals surface area contributed by atoms with Crippen LogP contribution in [0.15, 0.2) is 47.4 Å². The van der Waals surface area contributed by atoms with Crippen LogP contribution >= 0.6 is 0 Å². The van der Waals surface area contributed by atoms with Crippen molar-refractivity contribution in [1.29, 1.82) is 0 Å². The van der Waals surface area contributed by atoms with Crippen molar-refractivity contribution in [3.05, 3.63) is 59.7 Å². The summed E-state index contributed by atoms with van der Waals surface area (Å²) in [5.74, 6) is -1.10. The van der Waals surface area contributed by atoms with Crippen LogP contribution in [0.1, 0.15) is 5.56 Å². The number of sulfonamides is 1. The molecule has 19 heavy (non-hydrogen) atoms. The molecule has 0 heterocycles. The summed E-state index contributed by atoms with van der Waals surface area (Å²) in [6.07, 6.45) is 0. The van der Waals surface area contributed by atoms with Crippen LogP contribution in [0.5, 0.6) is 0 Å². The average molecular weight is 283 g/mol. The highest BCUT2D eigenvalue weighted by molar-refractivity contribution is 7.92. The molecule has 0 bridgehead atoms. The number of hydrogen-bond donors (Lipinski definition) is 1. The van der Waals surface area contributed by atoms with Crippen LogP contribution in [0.25, 0.3) is 0 Å². The molecule has 2 aromatic rings. The Morgan fingerprint density at radius 3 is 2.16 bits per heavy atom. The molecule has 0 aliphatic rings. The highest BCUT2D eigenvalue weighted by Gasteiger charge is 2.17. The molecular formula is C13H11F2NO2S. The first kappa shape index (κ1) is 13.5. The summed E-state index contributed by atoms with van der Waals surface area (Å²) in [5.41, 5.74) is 0.640. The molecule has 1 N–H and O–H groups in total. The molecular weight excluding hydrogens is 272 g/mol. The fraction of sp³-hybridized carbons (Fsp3) is 0.0769. The first-order valence-electron chi connectivity index (χ1n) is 5.43. The first-order chi connectivity index (χ1) is 8.88. The lowest BCUT2D eigenvalue weighted by atomic mass is 10.2. The van der Waals surface area contributed by atoms with E-state index in [0.29, 0.717) is 5.56 Å². The summed E-state index contributed by atoms with van der Waals surface area (Å²) < 4.78 is 52.3. The second-order valence-electron chi connectivity index (χ2n) is 4.02. The van der Waals surface area contributed by atoms with E-state index in [-0.39, 0.29) is 10.6 Å². The fourth-order valence-electron chi connectivity index (χ4n) is 1.59. The Hall–Kier alpha value is -1.95. The van der Waals surface area contributed by atoms with E-state index in [1.165, 1.54) is 24.3 Å². The van der Waals surface area contributed by atoms with Crippen molar-refractivity contribution in [2.45, 2.75) is 11.8 Å². The smallest absolute Gasteiger partial charge is 0.262 e. The van der Waals surface area contributed by atoms with Gasteiger partial charge in [-0.2, -0.15) is 0 Å². The standard InChI is InChI=1S/C13H11F2NO2S/c1-9-2-3-11(15)8-13(9)19(17,18)16-12-6-4-10(14)5-7-12/h2-8,16H,1H3. The minimum atomic E-state index is -3.89. The summed E-state index contributed by atoms with van der Waals surface area (Å²) in [6, 6.07) is 8.37. The normalized spacial score (nSPS) is 11.3. The van der Waals surface area contributed by atoms with E-state index in [9.17, 15) is 17.2 Å². The topological polar surface area (TPSA) is 46.2 Å². The molecule has 0 amide bonds. The summed E-state index contributed by atoms with van der Waals surface area (Å²) in [6.45, 7) is 1.57. The lowest BCUT2D eigenvalue weighted by Gasteiger charge is -2.10. The number of benzene rings is 2. The van der Waals surface area contributed by atoms with Crippen molar-refractivity contribution in [1.82, 2.24) is 0 Å². The lowest BCUT2D eigenvalue weighted by molar-refractivity contribution is 0.594. The van der Waals surface area contributed by atoms with E-state index in [2.05, 4.69) is 4.72 Å². The van der Waals surface area contributed by atoms with Gasteiger partial charge in [0.15, 0.2) is 0 Å². The third-order valence-electron chi connectivity index (χ3n) is 2.54. The molecule has 100 valence electrons. The van der Waals surface area contributed by atoms with Gasteiger partial charge < -0.3 is 0 Å². The molecule has 0 aromatic heterocycles. The zero-order chi connectivity index (χ0) is 14.0. The second-order valence-corrected chi connectivity index (χ2v) is 5.67. The van der Waals surface area contributed by atoms with E-state index in [0.717, 1.165) is 18.2 Å². The molecule has 0 fully saturated rings. The van der Waals surface area contributed by atoms with Gasteiger partial charge >= 0.3 is 0 Å². The predicted octanol–water partition coefficient (Wildman–Crippen LogP) is 3.07. The van der Waals surface area contributed by atoms with Crippen LogP contribution in [0.3, 0.4) is 0 Å². The van der Waals surface area contributed by atoms with Crippen molar-refractivity contribution in [2.75, 3.05) is 4.72 Å². The van der Waals surface area contributed by atoms with Crippen LogP contribution in [-0.4, -0.2) is 8.42 Å². The van der Waals surface area contributed by atoms with Crippen LogP contribution in [0.2, 0.25) is 0 Å². The zero-order valence-corrected chi connectivity index (χ0v) is 10.8. The SMILES string of the molecule is Cc1ccc(F)cc1S(=O)(=O)Nc1ccc(F)cc1. The number of hydrogen-bond acceptors (Lipinski definition) is 2. The molecule has 3 nitrogen and oxygen atoms in total. The van der Waals surface area contributed by atoms with Crippen molar-refractivity contribution in [3.8, 4) is 0 Å². The first-order valence-corrected chi connectivity index (χ1v) is 6.91. The number of aryl methyl sites for hydroxylation is 1. The highest BCUT2D eigenvalue weighted by atomic mass is 32.2. The van der Waals surface area contributed by atoms with E-state index < -0.39 is 21.7 Å². The summed E-state index contributed by atoms with van der Waals surface area (Å²) in [5, 5.41) is 0. The molecule has 0 aliphatic carbocycles. The zero-order valence-electron chi connectivity index (χ0n) is 10.0. The van der Waals surface area contributed by atoms with E-state index in [1.807, 2.05) is 0 Å². The number of rotatable bonds is 3. The second kappa shape index (κ2) is 4.97. The maximum atomic E-state index is 13.1. The molecule has 0 spiro atoms. The van der Waals surface area contributed by atoms with Gasteiger partial charge in [-0.05, 0) is 48.9 Å². The highest BCUT2D eigenvalue weighted by Crippen LogP contribution is 2.20. The molecule has 2 rings (SSSR count). The van der Waals surface area contributed by atoms with Gasteiger partial charge in [-0.3, -0.25) is 4.72 Å². The molecule has 0 unspecified atom stereocenters. The van der Waals surface area contributed by atoms with Gasteiger partial charge in [-0.25, -0.2) is 17.2 Å². The van der Waals surface area contributed by atoms with Crippen molar-refractivity contribution < 1.29 is 17.2 Å².